The highest BCUT2D eigenvalue weighted by Crippen LogP contribution is 2.40. The summed E-state index contributed by atoms with van der Waals surface area (Å²) in [5.41, 5.74) is 1.07. The van der Waals surface area contributed by atoms with Crippen molar-refractivity contribution in [2.24, 2.45) is 0 Å². The van der Waals surface area contributed by atoms with Crippen molar-refractivity contribution < 1.29 is 19.3 Å². The molecule has 0 amide bonds. The third-order valence-corrected chi connectivity index (χ3v) is 4.40. The molecule has 0 aromatic heterocycles. The molecule has 4 atom stereocenters. The second-order valence-corrected chi connectivity index (χ2v) is 6.74. The maximum Gasteiger partial charge on any atom is 0.164 e. The molecular weight excluding hydrogens is 336 g/mol. The third-order valence-electron chi connectivity index (χ3n) is 3.68. The van der Waals surface area contributed by atoms with E-state index < -0.39 is 24.1 Å². The van der Waals surface area contributed by atoms with Gasteiger partial charge in [0, 0.05) is 4.48 Å². The van der Waals surface area contributed by atoms with Gasteiger partial charge in [0.05, 0.1) is 6.61 Å². The third kappa shape index (κ3) is 3.22. The molecule has 0 bridgehead atoms. The van der Waals surface area contributed by atoms with E-state index in [0.717, 1.165) is 10.0 Å². The number of fused-ring (bicyclic) bond motifs is 1. The van der Waals surface area contributed by atoms with Crippen LogP contribution in [0.3, 0.4) is 0 Å². The molecule has 2 aliphatic rings. The lowest BCUT2D eigenvalue weighted by atomic mass is 9.96. The van der Waals surface area contributed by atoms with E-state index in [-0.39, 0.29) is 6.10 Å². The number of benzene rings is 1. The molecule has 1 fully saturated rings. The molecule has 1 saturated heterocycles. The van der Waals surface area contributed by atoms with Crippen LogP contribution >= 0.6 is 15.9 Å². The van der Waals surface area contributed by atoms with Crippen LogP contribution in [-0.2, 0) is 20.8 Å². The van der Waals surface area contributed by atoms with Gasteiger partial charge in [-0.1, -0.05) is 46.3 Å². The van der Waals surface area contributed by atoms with Crippen LogP contribution in [0.1, 0.15) is 19.4 Å². The van der Waals surface area contributed by atoms with Gasteiger partial charge in [-0.25, -0.2) is 0 Å². The van der Waals surface area contributed by atoms with Gasteiger partial charge in [-0.3, -0.25) is 0 Å². The van der Waals surface area contributed by atoms with Crippen LogP contribution in [0, 0.1) is 0 Å². The first kappa shape index (κ1) is 15.2. The number of hydrogen-bond acceptors (Lipinski definition) is 4. The maximum absolute atomic E-state index is 10.5. The number of rotatable bonds is 3. The second kappa shape index (κ2) is 5.82. The molecule has 1 heterocycles. The highest BCUT2D eigenvalue weighted by Gasteiger charge is 2.50. The molecule has 5 heteroatoms. The highest BCUT2D eigenvalue weighted by molar-refractivity contribution is 9.11. The zero-order valence-corrected chi connectivity index (χ0v) is 13.6. The van der Waals surface area contributed by atoms with Crippen molar-refractivity contribution in [3.05, 3.63) is 46.5 Å². The molecule has 1 aliphatic carbocycles. The Morgan fingerprint density at radius 2 is 1.95 bits per heavy atom. The molecule has 0 spiro atoms. The zero-order chi connectivity index (χ0) is 15.0. The van der Waals surface area contributed by atoms with Gasteiger partial charge in [-0.2, -0.15) is 0 Å². The Balaban J connectivity index is 1.70. The van der Waals surface area contributed by atoms with Crippen LogP contribution in [0.5, 0.6) is 0 Å². The number of ether oxygens (including phenoxy) is 3. The molecule has 1 aromatic carbocycles. The molecule has 0 radical (unpaired) electrons. The Labute approximate surface area is 132 Å². The van der Waals surface area contributed by atoms with Crippen LogP contribution in [0.15, 0.2) is 40.9 Å². The predicted molar refractivity (Wildman–Crippen MR) is 81.9 cm³/mol. The lowest BCUT2D eigenvalue weighted by Gasteiger charge is -2.32. The summed E-state index contributed by atoms with van der Waals surface area (Å²) in [6, 6.07) is 9.89. The van der Waals surface area contributed by atoms with Crippen LogP contribution < -0.4 is 0 Å². The normalized spacial score (nSPS) is 34.4. The van der Waals surface area contributed by atoms with Crippen molar-refractivity contribution in [1.29, 1.82) is 0 Å². The summed E-state index contributed by atoms with van der Waals surface area (Å²) in [4.78, 5) is 0. The van der Waals surface area contributed by atoms with Crippen molar-refractivity contribution in [1.82, 2.24) is 0 Å². The van der Waals surface area contributed by atoms with Crippen LogP contribution in [0.4, 0.5) is 0 Å². The summed E-state index contributed by atoms with van der Waals surface area (Å²) < 4.78 is 18.3. The van der Waals surface area contributed by atoms with Gasteiger partial charge in [0.15, 0.2) is 5.79 Å². The lowest BCUT2D eigenvalue weighted by molar-refractivity contribution is -0.161. The van der Waals surface area contributed by atoms with Gasteiger partial charge >= 0.3 is 0 Å². The maximum atomic E-state index is 10.5. The molecule has 114 valence electrons. The molecule has 4 nitrogen and oxygen atoms in total. The summed E-state index contributed by atoms with van der Waals surface area (Å²) in [6.07, 6.45) is 0.00587. The van der Waals surface area contributed by atoms with E-state index in [9.17, 15) is 5.11 Å². The summed E-state index contributed by atoms with van der Waals surface area (Å²) in [7, 11) is 0. The minimum atomic E-state index is -0.748. The fraction of sp³-hybridized carbons (Fsp3) is 0.500. The van der Waals surface area contributed by atoms with Crippen molar-refractivity contribution in [3.8, 4) is 0 Å². The SMILES string of the molecule is CC1(C)O[C@H]2[C@H](O)[C@H](OCc3ccccc3)C=C(Br)[C@H]2O1. The Hall–Kier alpha value is -0.720. The quantitative estimate of drug-likeness (QED) is 0.906. The van der Waals surface area contributed by atoms with E-state index in [2.05, 4.69) is 15.9 Å². The highest BCUT2D eigenvalue weighted by atomic mass is 79.9. The molecule has 0 unspecified atom stereocenters. The van der Waals surface area contributed by atoms with E-state index in [1.54, 1.807) is 0 Å². The van der Waals surface area contributed by atoms with Crippen molar-refractivity contribution >= 4 is 15.9 Å². The topological polar surface area (TPSA) is 47.9 Å². The van der Waals surface area contributed by atoms with Gasteiger partial charge in [0.1, 0.15) is 24.4 Å². The molecule has 0 saturated carbocycles. The van der Waals surface area contributed by atoms with Crippen LogP contribution in [0.25, 0.3) is 0 Å². The minimum Gasteiger partial charge on any atom is -0.387 e. The number of hydrogen-bond donors (Lipinski definition) is 1. The molecule has 1 aliphatic heterocycles. The van der Waals surface area contributed by atoms with Gasteiger partial charge in [0.2, 0.25) is 0 Å². The van der Waals surface area contributed by atoms with Gasteiger partial charge in [-0.05, 0) is 25.5 Å². The Bertz CT molecular complexity index is 528. The van der Waals surface area contributed by atoms with E-state index in [1.165, 1.54) is 0 Å². The predicted octanol–water partition coefficient (Wildman–Crippen LogP) is 2.75. The number of aliphatic hydroxyl groups is 1. The van der Waals surface area contributed by atoms with Crippen molar-refractivity contribution in [2.75, 3.05) is 0 Å². The molecule has 1 aromatic rings. The lowest BCUT2D eigenvalue weighted by Crippen LogP contribution is -2.47. The van der Waals surface area contributed by atoms with E-state index in [4.69, 9.17) is 14.2 Å². The summed E-state index contributed by atoms with van der Waals surface area (Å²) in [5, 5.41) is 10.5. The largest absolute Gasteiger partial charge is 0.387 e. The second-order valence-electron chi connectivity index (χ2n) is 5.82. The molecule has 3 rings (SSSR count). The molecule has 1 N–H and O–H groups in total. The van der Waals surface area contributed by atoms with Gasteiger partial charge in [0.25, 0.3) is 0 Å². The smallest absolute Gasteiger partial charge is 0.164 e. The zero-order valence-electron chi connectivity index (χ0n) is 12.0. The average molecular weight is 355 g/mol. The fourth-order valence-corrected chi connectivity index (χ4v) is 3.32. The first-order chi connectivity index (χ1) is 9.96. The summed E-state index contributed by atoms with van der Waals surface area (Å²) in [5.74, 6) is -0.697. The van der Waals surface area contributed by atoms with E-state index >= 15 is 0 Å². The first-order valence-corrected chi connectivity index (χ1v) is 7.82. The Kier molecular flexibility index (Phi) is 4.21. The molecule has 21 heavy (non-hydrogen) atoms. The number of aliphatic hydroxyl groups excluding tert-OH is 1. The fourth-order valence-electron chi connectivity index (χ4n) is 2.70. The standard InChI is InChI=1S/C16H19BrO4/c1-16(2)20-14-11(17)8-12(13(18)15(14)21-16)19-9-10-6-4-3-5-7-10/h3-8,12-15,18H,9H2,1-2H3/t12-,13-,14-,15+/m1/s1. The first-order valence-electron chi connectivity index (χ1n) is 7.03. The molecular formula is C16H19BrO4. The van der Waals surface area contributed by atoms with Crippen LogP contribution in [-0.4, -0.2) is 35.3 Å². The van der Waals surface area contributed by atoms with Crippen molar-refractivity contribution in [3.63, 3.8) is 0 Å². The Morgan fingerprint density at radius 1 is 1.24 bits per heavy atom. The van der Waals surface area contributed by atoms with Crippen molar-refractivity contribution in [2.45, 2.75) is 50.7 Å². The summed E-state index contributed by atoms with van der Waals surface area (Å²) in [6.45, 7) is 4.14. The number of halogens is 1. The van der Waals surface area contributed by atoms with Gasteiger partial charge < -0.3 is 19.3 Å². The van der Waals surface area contributed by atoms with E-state index in [0.29, 0.717) is 6.61 Å². The van der Waals surface area contributed by atoms with Gasteiger partial charge in [-0.15, -0.1) is 0 Å². The minimum absolute atomic E-state index is 0.272. The monoisotopic (exact) mass is 354 g/mol. The van der Waals surface area contributed by atoms with Crippen LogP contribution in [0.2, 0.25) is 0 Å². The van der Waals surface area contributed by atoms with E-state index in [1.807, 2.05) is 50.3 Å². The Morgan fingerprint density at radius 3 is 2.67 bits per heavy atom. The summed E-state index contributed by atoms with van der Waals surface area (Å²) >= 11 is 3.51. The average Bonchev–Trinajstić information content (AvgIpc) is 2.79.